The predicted octanol–water partition coefficient (Wildman–Crippen LogP) is -0.987. The van der Waals surface area contributed by atoms with Crippen LogP contribution in [0.25, 0.3) is 11.2 Å². The van der Waals surface area contributed by atoms with Gasteiger partial charge in [0, 0.05) is 31.8 Å². The molecule has 19 nitrogen and oxygen atoms in total. The highest BCUT2D eigenvalue weighted by Crippen LogP contribution is 2.49. The van der Waals surface area contributed by atoms with Crippen LogP contribution in [0.3, 0.4) is 0 Å². The zero-order valence-electron chi connectivity index (χ0n) is 24.8. The van der Waals surface area contributed by atoms with Crippen molar-refractivity contribution in [3.05, 3.63) is 49.3 Å². The van der Waals surface area contributed by atoms with Crippen LogP contribution in [0.5, 0.6) is 0 Å². The first-order valence-electron chi connectivity index (χ1n) is 14.3. The van der Waals surface area contributed by atoms with E-state index in [-0.39, 0.29) is 35.6 Å². The number of aromatic amines is 2. The normalized spacial score (nSPS) is 28.2. The third-order valence-corrected chi connectivity index (χ3v) is 9.29. The maximum atomic E-state index is 14.0. The molecule has 0 aromatic carbocycles. The first-order valence-corrected chi connectivity index (χ1v) is 15.9. The summed E-state index contributed by atoms with van der Waals surface area (Å²) in [7, 11) is -2.78. The molecule has 2 fully saturated rings. The molecule has 7 N–H and O–H groups in total. The van der Waals surface area contributed by atoms with Gasteiger partial charge < -0.3 is 30.2 Å². The molecular weight excluding hydrogens is 619 g/mol. The van der Waals surface area contributed by atoms with Crippen LogP contribution in [0.1, 0.15) is 44.2 Å². The summed E-state index contributed by atoms with van der Waals surface area (Å²) >= 11 is 0. The second-order valence-electron chi connectivity index (χ2n) is 10.8. The second-order valence-corrected chi connectivity index (χ2v) is 12.5. The van der Waals surface area contributed by atoms with E-state index < -0.39 is 80.7 Å². The highest BCUT2D eigenvalue weighted by atomic mass is 31.2. The van der Waals surface area contributed by atoms with Crippen molar-refractivity contribution in [1.82, 2.24) is 34.2 Å². The molecule has 5 heterocycles. The van der Waals surface area contributed by atoms with Crippen molar-refractivity contribution in [2.45, 2.75) is 76.1 Å². The molecule has 3 unspecified atom stereocenters. The third kappa shape index (κ3) is 6.81. The van der Waals surface area contributed by atoms with Crippen molar-refractivity contribution in [1.29, 1.82) is 0 Å². The number of fused-ring (bicyclic) bond motifs is 1. The largest absolute Gasteiger partial charge is 0.405 e. The number of nitrogens with zero attached hydrogens (tertiary/aromatic N) is 4. The Kier molecular flexibility index (Phi) is 10.0. The molecule has 2 aliphatic rings. The number of H-pyrrole nitrogens is 2. The number of imidazole rings is 1. The Morgan fingerprint density at radius 1 is 1.20 bits per heavy atom. The fraction of sp³-hybridized carbons (Fsp3) is 0.640. The molecule has 45 heavy (non-hydrogen) atoms. The third-order valence-electron chi connectivity index (χ3n) is 7.65. The number of nitrogens with two attached hydrogens (primary N) is 1. The number of hydrogen-bond donors (Lipinski definition) is 6. The molecule has 0 radical (unpaired) electrons. The zero-order valence-corrected chi connectivity index (χ0v) is 25.7. The predicted molar refractivity (Wildman–Crippen MR) is 156 cm³/mol. The molecule has 20 heteroatoms. The number of anilines is 1. The van der Waals surface area contributed by atoms with Gasteiger partial charge in [0.1, 0.15) is 36.7 Å². The van der Waals surface area contributed by atoms with Crippen LogP contribution in [0.2, 0.25) is 0 Å². The number of methoxy groups -OCH3 is 1. The molecule has 2 saturated heterocycles. The molecule has 5 rings (SSSR count). The molecule has 0 bridgehead atoms. The number of aliphatic hydroxyl groups is 2. The van der Waals surface area contributed by atoms with Crippen molar-refractivity contribution in [3.8, 4) is 0 Å². The smallest absolute Gasteiger partial charge is 0.394 e. The lowest BCUT2D eigenvalue weighted by Gasteiger charge is -2.26. The number of nitrogens with one attached hydrogen (secondary N) is 3. The molecule has 0 aliphatic carbocycles. The van der Waals surface area contributed by atoms with Crippen molar-refractivity contribution in [2.24, 2.45) is 0 Å². The van der Waals surface area contributed by atoms with Crippen LogP contribution < -0.4 is 27.6 Å². The number of nitrogen functional groups attached to an aromatic ring is 1. The lowest BCUT2D eigenvalue weighted by molar-refractivity contribution is -0.0600. The first kappa shape index (κ1) is 33.1. The van der Waals surface area contributed by atoms with Crippen LogP contribution in [0, 0.1) is 6.92 Å². The van der Waals surface area contributed by atoms with Gasteiger partial charge in [-0.1, -0.05) is 13.3 Å². The minimum Gasteiger partial charge on any atom is -0.394 e. The summed E-state index contributed by atoms with van der Waals surface area (Å²) in [4.78, 5) is 49.3. The molecule has 248 valence electrons. The maximum Gasteiger partial charge on any atom is 0.405 e. The number of aromatic nitrogens is 6. The van der Waals surface area contributed by atoms with Gasteiger partial charge in [-0.15, -0.1) is 0 Å². The maximum absolute atomic E-state index is 14.0. The van der Waals surface area contributed by atoms with Crippen molar-refractivity contribution >= 4 is 24.9 Å². The fourth-order valence-corrected chi connectivity index (χ4v) is 6.85. The molecule has 8 atom stereocenters. The van der Waals surface area contributed by atoms with Crippen LogP contribution in [-0.4, -0.2) is 96.7 Å². The van der Waals surface area contributed by atoms with Gasteiger partial charge in [0.2, 0.25) is 5.95 Å². The summed E-state index contributed by atoms with van der Waals surface area (Å²) in [5.74, 6) is -0.141. The van der Waals surface area contributed by atoms with E-state index in [9.17, 15) is 29.2 Å². The highest BCUT2D eigenvalue weighted by Gasteiger charge is 2.48. The van der Waals surface area contributed by atoms with Crippen LogP contribution in [0.15, 0.2) is 26.9 Å². The van der Waals surface area contributed by atoms with Crippen LogP contribution >= 0.6 is 7.75 Å². The van der Waals surface area contributed by atoms with Gasteiger partial charge in [0.25, 0.3) is 11.1 Å². The van der Waals surface area contributed by atoms with Gasteiger partial charge >= 0.3 is 13.4 Å². The van der Waals surface area contributed by atoms with Crippen molar-refractivity contribution in [3.63, 3.8) is 0 Å². The number of hydrogen-bond acceptors (Lipinski definition) is 14. The van der Waals surface area contributed by atoms with E-state index in [1.54, 1.807) is 0 Å². The molecule has 0 saturated carbocycles. The molecule has 3 aromatic rings. The van der Waals surface area contributed by atoms with Gasteiger partial charge in [-0.2, -0.15) is 4.98 Å². The van der Waals surface area contributed by atoms with E-state index in [0.717, 1.165) is 6.42 Å². The summed E-state index contributed by atoms with van der Waals surface area (Å²) in [5, 5.41) is 23.9. The topological polar surface area (TPSA) is 260 Å². The zero-order chi connectivity index (χ0) is 32.5. The van der Waals surface area contributed by atoms with Gasteiger partial charge in [-0.25, -0.2) is 19.4 Å². The number of ether oxygens (including phenoxy) is 3. The van der Waals surface area contributed by atoms with E-state index in [1.165, 1.54) is 35.7 Å². The monoisotopic (exact) mass is 656 g/mol. The number of rotatable bonds is 13. The molecular formula is C25H37N8O11P. The summed E-state index contributed by atoms with van der Waals surface area (Å²) in [6.45, 7) is 2.79. The molecule has 0 spiro atoms. The summed E-state index contributed by atoms with van der Waals surface area (Å²) in [6.07, 6.45) is -3.17. The van der Waals surface area contributed by atoms with Crippen LogP contribution in [-0.2, 0) is 27.8 Å². The molecule has 2 aliphatic heterocycles. The number of aryl methyl sites for hydroxylation is 1. The molecule has 3 aromatic heterocycles. The lowest BCUT2D eigenvalue weighted by atomic mass is 10.1. The SMILES string of the molecule is CCCCNP(=O)(OC[C@H]1O[C@@H](n2cnc3c(=O)[nH]c(N)nc32)[C@H](OC)C1O)OC1C[C@H](n2cc(C)c(=O)[nH]c2=O)O[C@@H]1CO. The van der Waals surface area contributed by atoms with E-state index in [2.05, 4.69) is 25.0 Å². The van der Waals surface area contributed by atoms with Gasteiger partial charge in [0.05, 0.1) is 19.5 Å². The standard InChI is InChI=1S/C25H37N8O11P/c1-4-5-6-28-45(39,44-13-7-16(42-14(13)9-34)32-8-12(2)21(36)31-25(32)38)41-10-15-18(35)19(40-3)23(43-15)33-11-27-17-20(33)29-24(26)30-22(17)37/h8,11,13-16,18-19,23,34-35H,4-7,9-10H2,1-3H3,(H,28,39)(H,31,36,38)(H3,26,29,30,37)/t13?,14-,15-,16-,18?,19-,23-,45?/m1/s1. The average Bonchev–Trinajstić information content (AvgIpc) is 3.68. The van der Waals surface area contributed by atoms with E-state index in [1.807, 2.05) is 6.92 Å². The lowest BCUT2D eigenvalue weighted by Crippen LogP contribution is -2.36. The van der Waals surface area contributed by atoms with E-state index in [0.29, 0.717) is 6.42 Å². The fourth-order valence-electron chi connectivity index (χ4n) is 5.27. The van der Waals surface area contributed by atoms with Crippen molar-refractivity contribution in [2.75, 3.05) is 32.6 Å². The van der Waals surface area contributed by atoms with Gasteiger partial charge in [0.15, 0.2) is 17.4 Å². The minimum atomic E-state index is -4.15. The van der Waals surface area contributed by atoms with Gasteiger partial charge in [-0.05, 0) is 13.3 Å². The Labute approximate surface area is 255 Å². The number of aliphatic hydroxyl groups excluding tert-OH is 2. The Hall–Kier alpha value is -3.26. The first-order chi connectivity index (χ1) is 21.5. The Balaban J connectivity index is 1.33. The van der Waals surface area contributed by atoms with Crippen molar-refractivity contribution < 1.29 is 38.0 Å². The van der Waals surface area contributed by atoms with E-state index in [4.69, 9.17) is 29.0 Å². The second kappa shape index (κ2) is 13.6. The van der Waals surface area contributed by atoms with E-state index >= 15 is 0 Å². The summed E-state index contributed by atoms with van der Waals surface area (Å²) < 4.78 is 45.7. The van der Waals surface area contributed by atoms with Crippen LogP contribution in [0.4, 0.5) is 5.95 Å². The number of unbranched alkanes of at least 4 members (excludes halogenated alkanes) is 1. The summed E-state index contributed by atoms with van der Waals surface area (Å²) in [6, 6.07) is 0. The molecule has 0 amide bonds. The Bertz CT molecular complexity index is 1720. The Morgan fingerprint density at radius 3 is 2.69 bits per heavy atom. The minimum absolute atomic E-state index is 0.00122. The summed E-state index contributed by atoms with van der Waals surface area (Å²) in [5.41, 5.74) is 4.29. The van der Waals surface area contributed by atoms with Gasteiger partial charge in [-0.3, -0.25) is 37.7 Å². The quantitative estimate of drug-likeness (QED) is 0.0953. The average molecular weight is 657 g/mol. The Morgan fingerprint density at radius 2 is 1.98 bits per heavy atom. The highest BCUT2D eigenvalue weighted by molar-refractivity contribution is 7.51.